The van der Waals surface area contributed by atoms with Gasteiger partial charge in [-0.05, 0) is 67.1 Å². The molecule has 0 saturated carbocycles. The Morgan fingerprint density at radius 3 is 2.18 bits per heavy atom. The van der Waals surface area contributed by atoms with E-state index in [9.17, 15) is 33.7 Å². The highest BCUT2D eigenvalue weighted by atomic mass is 19.1. The average molecular weight is 529 g/mol. The summed E-state index contributed by atoms with van der Waals surface area (Å²) in [4.78, 5) is 28.5. The summed E-state index contributed by atoms with van der Waals surface area (Å²) in [7, 11) is 0. The van der Waals surface area contributed by atoms with Crippen molar-refractivity contribution < 1.29 is 33.7 Å². The van der Waals surface area contributed by atoms with Crippen molar-refractivity contribution >= 4 is 11.9 Å². The number of halogens is 2. The highest BCUT2D eigenvalue weighted by molar-refractivity contribution is 5.94. The molecule has 0 spiro atoms. The fraction of sp³-hybridized carbons (Fsp3) is 0.393. The maximum absolute atomic E-state index is 13.6. The molecular weight excluding hydrogens is 496 g/mol. The normalized spacial score (nSPS) is 12.9. The van der Waals surface area contributed by atoms with Crippen LogP contribution in [0.1, 0.15) is 60.8 Å². The predicted octanol–water partition coefficient (Wildman–Crippen LogP) is 2.57. The van der Waals surface area contributed by atoms with E-state index in [0.29, 0.717) is 30.0 Å². The Balaban J connectivity index is 1.85. The zero-order chi connectivity index (χ0) is 27.8. The Morgan fingerprint density at radius 1 is 1.00 bits per heavy atom. The van der Waals surface area contributed by atoms with Crippen LogP contribution in [0.15, 0.2) is 48.5 Å². The maximum Gasteiger partial charge on any atom is 0.271 e. The summed E-state index contributed by atoms with van der Waals surface area (Å²) < 4.78 is 28.5. The number of carbonyl (C=O) groups is 2. The number of aliphatic hydroxyl groups excluding tert-OH is 2. The predicted molar refractivity (Wildman–Crippen MR) is 135 cm³/mol. The van der Waals surface area contributed by atoms with E-state index in [1.54, 1.807) is 28.8 Å². The fourth-order valence-electron chi connectivity index (χ4n) is 4.30. The first-order chi connectivity index (χ1) is 18.0. The highest BCUT2D eigenvalue weighted by Crippen LogP contribution is 2.29. The maximum atomic E-state index is 13.6. The minimum Gasteiger partial charge on any atom is -0.550 e. The number of hydrogen-bond acceptors (Lipinski definition) is 6. The lowest BCUT2D eigenvalue weighted by atomic mass is 10.0. The van der Waals surface area contributed by atoms with Crippen molar-refractivity contribution in [3.05, 3.63) is 77.1 Å². The van der Waals surface area contributed by atoms with E-state index in [1.165, 1.54) is 24.3 Å². The summed E-state index contributed by atoms with van der Waals surface area (Å²) in [6.45, 7) is 4.32. The van der Waals surface area contributed by atoms with Gasteiger partial charge in [-0.25, -0.2) is 13.8 Å². The van der Waals surface area contributed by atoms with Crippen molar-refractivity contribution in [3.63, 3.8) is 0 Å². The van der Waals surface area contributed by atoms with Gasteiger partial charge in [-0.2, -0.15) is 0 Å². The molecule has 0 radical (unpaired) electrons. The third kappa shape index (κ3) is 7.93. The molecule has 3 aromatic rings. The number of carboxylic acid groups (broad SMARTS) is 1. The second kappa shape index (κ2) is 13.3. The SMILES string of the molecule is CC(C)c1c(C(=O)NCCc2ccc(F)cc2)nc(-c2ccc(F)cc2)n1CC[C@@H](O)C[C@@H](O)CC(=O)[O-]. The molecular formula is C28H32F2N3O5-. The minimum atomic E-state index is -1.41. The second-order valence-electron chi connectivity index (χ2n) is 9.52. The molecule has 8 nitrogen and oxygen atoms in total. The number of aliphatic carboxylic acids is 1. The van der Waals surface area contributed by atoms with Gasteiger partial charge in [0.1, 0.15) is 23.2 Å². The number of imidazole rings is 1. The third-order valence-electron chi connectivity index (χ3n) is 6.12. The molecule has 0 aliphatic carbocycles. The molecule has 0 bridgehead atoms. The summed E-state index contributed by atoms with van der Waals surface area (Å²) in [6.07, 6.45) is -2.35. The molecule has 0 fully saturated rings. The first-order valence-electron chi connectivity index (χ1n) is 12.5. The van der Waals surface area contributed by atoms with E-state index in [1.807, 2.05) is 13.8 Å². The van der Waals surface area contributed by atoms with Gasteiger partial charge in [-0.3, -0.25) is 4.79 Å². The van der Waals surface area contributed by atoms with E-state index in [-0.39, 0.29) is 36.8 Å². The Bertz CT molecular complexity index is 1230. The van der Waals surface area contributed by atoms with Crippen LogP contribution in [0.3, 0.4) is 0 Å². The van der Waals surface area contributed by atoms with Crippen LogP contribution in [0.5, 0.6) is 0 Å². The largest absolute Gasteiger partial charge is 0.550 e. The number of carboxylic acids is 1. The summed E-state index contributed by atoms with van der Waals surface area (Å²) in [5.74, 6) is -2.29. The molecule has 38 heavy (non-hydrogen) atoms. The molecule has 0 aliphatic rings. The lowest BCUT2D eigenvalue weighted by Gasteiger charge is -2.19. The number of rotatable bonds is 13. The Morgan fingerprint density at radius 2 is 1.61 bits per heavy atom. The lowest BCUT2D eigenvalue weighted by Crippen LogP contribution is -2.30. The number of nitrogens with zero attached hydrogens (tertiary/aromatic N) is 2. The Hall–Kier alpha value is -3.63. The van der Waals surface area contributed by atoms with Gasteiger partial charge in [-0.1, -0.05) is 26.0 Å². The molecule has 0 aliphatic heterocycles. The van der Waals surface area contributed by atoms with E-state index in [4.69, 9.17) is 0 Å². The lowest BCUT2D eigenvalue weighted by molar-refractivity contribution is -0.307. The average Bonchev–Trinajstić information content (AvgIpc) is 3.24. The van der Waals surface area contributed by atoms with Crippen molar-refractivity contribution in [3.8, 4) is 11.4 Å². The van der Waals surface area contributed by atoms with E-state index >= 15 is 0 Å². The van der Waals surface area contributed by atoms with Crippen molar-refractivity contribution in [1.29, 1.82) is 0 Å². The van der Waals surface area contributed by atoms with Crippen LogP contribution in [0.4, 0.5) is 8.78 Å². The molecule has 3 N–H and O–H groups in total. The third-order valence-corrected chi connectivity index (χ3v) is 6.12. The van der Waals surface area contributed by atoms with Gasteiger partial charge in [0, 0.05) is 31.0 Å². The molecule has 1 amide bonds. The van der Waals surface area contributed by atoms with Crippen LogP contribution in [-0.4, -0.2) is 50.4 Å². The van der Waals surface area contributed by atoms with Crippen molar-refractivity contribution in [2.75, 3.05) is 6.54 Å². The van der Waals surface area contributed by atoms with Gasteiger partial charge in [-0.15, -0.1) is 0 Å². The van der Waals surface area contributed by atoms with E-state index in [0.717, 1.165) is 5.56 Å². The summed E-state index contributed by atoms with van der Waals surface area (Å²) in [5.41, 5.74) is 2.25. The van der Waals surface area contributed by atoms with Gasteiger partial charge in [0.15, 0.2) is 0 Å². The number of amides is 1. The van der Waals surface area contributed by atoms with Crippen LogP contribution in [0, 0.1) is 11.6 Å². The van der Waals surface area contributed by atoms with Gasteiger partial charge >= 0.3 is 0 Å². The number of nitrogens with one attached hydrogen (secondary N) is 1. The van der Waals surface area contributed by atoms with Gasteiger partial charge in [0.25, 0.3) is 5.91 Å². The molecule has 0 saturated heterocycles. The standard InChI is InChI=1S/C28H33F2N3O5/c1-17(2)26-25(28(38)31-13-11-18-3-7-20(29)8-4-18)32-27(19-5-9-21(30)10-6-19)33(26)14-12-22(34)15-23(35)16-24(36)37/h3-10,17,22-23,34-35H,11-16H2,1-2H3,(H,31,38)(H,36,37)/p-1/t22-,23-/m1/s1. The molecule has 1 aromatic heterocycles. The quantitative estimate of drug-likeness (QED) is 0.313. The van der Waals surface area contributed by atoms with Crippen LogP contribution < -0.4 is 10.4 Å². The molecule has 3 rings (SSSR count). The van der Waals surface area contributed by atoms with Crippen molar-refractivity contribution in [1.82, 2.24) is 14.9 Å². The van der Waals surface area contributed by atoms with Crippen LogP contribution in [0.2, 0.25) is 0 Å². The van der Waals surface area contributed by atoms with Gasteiger partial charge in [0.05, 0.1) is 17.9 Å². The zero-order valence-electron chi connectivity index (χ0n) is 21.4. The number of hydrogen-bond donors (Lipinski definition) is 3. The smallest absolute Gasteiger partial charge is 0.271 e. The van der Waals surface area contributed by atoms with Crippen LogP contribution in [-0.2, 0) is 17.8 Å². The summed E-state index contributed by atoms with van der Waals surface area (Å²) >= 11 is 0. The first kappa shape index (κ1) is 28.9. The van der Waals surface area contributed by atoms with E-state index in [2.05, 4.69) is 10.3 Å². The van der Waals surface area contributed by atoms with E-state index < -0.39 is 36.3 Å². The Kier molecular flexibility index (Phi) is 10.1. The zero-order valence-corrected chi connectivity index (χ0v) is 21.4. The molecule has 1 heterocycles. The van der Waals surface area contributed by atoms with Gasteiger partial charge in [0.2, 0.25) is 0 Å². The minimum absolute atomic E-state index is 0.143. The number of benzene rings is 2. The topological polar surface area (TPSA) is 128 Å². The molecule has 2 atom stereocenters. The van der Waals surface area contributed by atoms with Crippen LogP contribution in [0.25, 0.3) is 11.4 Å². The summed E-state index contributed by atoms with van der Waals surface area (Å²) in [6, 6.07) is 11.7. The van der Waals surface area contributed by atoms with Crippen LogP contribution >= 0.6 is 0 Å². The monoisotopic (exact) mass is 528 g/mol. The molecule has 0 unspecified atom stereocenters. The molecule has 10 heteroatoms. The Labute approximate surface area is 220 Å². The van der Waals surface area contributed by atoms with Gasteiger partial charge < -0.3 is 30.0 Å². The number of aromatic nitrogens is 2. The first-order valence-corrected chi connectivity index (χ1v) is 12.5. The summed E-state index contributed by atoms with van der Waals surface area (Å²) in [5, 5.41) is 33.8. The van der Waals surface area contributed by atoms with Crippen molar-refractivity contribution in [2.24, 2.45) is 0 Å². The molecule has 204 valence electrons. The van der Waals surface area contributed by atoms with Crippen molar-refractivity contribution in [2.45, 2.75) is 64.2 Å². The highest BCUT2D eigenvalue weighted by Gasteiger charge is 2.26. The number of aliphatic hydroxyl groups is 2. The number of carbonyl (C=O) groups excluding carboxylic acids is 2. The molecule has 2 aromatic carbocycles. The second-order valence-corrected chi connectivity index (χ2v) is 9.52. The fourth-order valence-corrected chi connectivity index (χ4v) is 4.30.